The topological polar surface area (TPSA) is 60.5 Å². The van der Waals surface area contributed by atoms with E-state index in [9.17, 15) is 10.3 Å². The summed E-state index contributed by atoms with van der Waals surface area (Å²) in [5, 5.41) is 22.0. The SMILES string of the molecule is C=C1CC=C2C(C1)Cn1cc(O)c(OC)c1C=[N+]2[O-]. The number of allylic oxidation sites excluding steroid dienone is 3. The Hall–Kier alpha value is -2.17. The van der Waals surface area contributed by atoms with E-state index in [1.807, 2.05) is 10.6 Å². The zero-order valence-corrected chi connectivity index (χ0v) is 10.8. The predicted molar refractivity (Wildman–Crippen MR) is 71.4 cm³/mol. The number of aromatic hydroxyl groups is 1. The Bertz CT molecular complexity index is 610. The molecule has 3 rings (SSSR count). The van der Waals surface area contributed by atoms with Gasteiger partial charge < -0.3 is 19.6 Å². The molecule has 1 aliphatic carbocycles. The van der Waals surface area contributed by atoms with Gasteiger partial charge in [0, 0.05) is 6.54 Å². The highest BCUT2D eigenvalue weighted by atomic mass is 16.5. The second-order valence-corrected chi connectivity index (χ2v) is 5.02. The highest BCUT2D eigenvalue weighted by Crippen LogP contribution is 2.37. The Morgan fingerprint density at radius 2 is 2.37 bits per heavy atom. The van der Waals surface area contributed by atoms with E-state index >= 15 is 0 Å². The molecule has 0 saturated heterocycles. The van der Waals surface area contributed by atoms with Crippen LogP contribution in [0.5, 0.6) is 11.5 Å². The molecule has 1 aromatic rings. The molecule has 1 aromatic heterocycles. The second-order valence-electron chi connectivity index (χ2n) is 5.02. The van der Waals surface area contributed by atoms with Gasteiger partial charge in [-0.25, -0.2) is 0 Å². The maximum atomic E-state index is 12.2. The van der Waals surface area contributed by atoms with Crippen LogP contribution in [0.3, 0.4) is 0 Å². The van der Waals surface area contributed by atoms with Crippen molar-refractivity contribution in [2.75, 3.05) is 7.11 Å². The van der Waals surface area contributed by atoms with E-state index in [4.69, 9.17) is 4.74 Å². The van der Waals surface area contributed by atoms with Gasteiger partial charge in [0.15, 0.2) is 22.9 Å². The Kier molecular flexibility index (Phi) is 2.62. The number of hydroxylamine groups is 1. The minimum Gasteiger partial charge on any atom is -0.618 e. The van der Waals surface area contributed by atoms with Crippen LogP contribution in [0.1, 0.15) is 18.5 Å². The summed E-state index contributed by atoms with van der Waals surface area (Å²) in [6.45, 7) is 4.64. The summed E-state index contributed by atoms with van der Waals surface area (Å²) in [7, 11) is 1.48. The summed E-state index contributed by atoms with van der Waals surface area (Å²) >= 11 is 0. The summed E-state index contributed by atoms with van der Waals surface area (Å²) in [6.07, 6.45) is 6.59. The third-order valence-corrected chi connectivity index (χ3v) is 3.72. The molecular weight excluding hydrogens is 244 g/mol. The van der Waals surface area contributed by atoms with Gasteiger partial charge in [-0.3, -0.25) is 0 Å². The number of hydrogen-bond donors (Lipinski definition) is 1. The van der Waals surface area contributed by atoms with Gasteiger partial charge in [-0.2, -0.15) is 4.74 Å². The first-order valence-electron chi connectivity index (χ1n) is 6.24. The first-order valence-corrected chi connectivity index (χ1v) is 6.24. The Labute approximate surface area is 111 Å². The van der Waals surface area contributed by atoms with E-state index in [2.05, 4.69) is 6.58 Å². The fraction of sp³-hybridized carbons (Fsp3) is 0.357. The summed E-state index contributed by atoms with van der Waals surface area (Å²) in [6, 6.07) is 0. The molecule has 0 aromatic carbocycles. The molecule has 1 N–H and O–H groups in total. The summed E-state index contributed by atoms with van der Waals surface area (Å²) in [5.41, 5.74) is 2.52. The van der Waals surface area contributed by atoms with E-state index in [0.717, 1.165) is 28.9 Å². The van der Waals surface area contributed by atoms with Gasteiger partial charge in [0.05, 0.1) is 19.2 Å². The van der Waals surface area contributed by atoms with Crippen LogP contribution in [0.25, 0.3) is 0 Å². The molecule has 0 saturated carbocycles. The fourth-order valence-electron chi connectivity index (χ4n) is 2.83. The van der Waals surface area contributed by atoms with Crippen LogP contribution in [0.15, 0.2) is 30.1 Å². The lowest BCUT2D eigenvalue weighted by Crippen LogP contribution is -2.19. The third-order valence-electron chi connectivity index (χ3n) is 3.72. The third kappa shape index (κ3) is 1.82. The number of aromatic nitrogens is 1. The fourth-order valence-corrected chi connectivity index (χ4v) is 2.83. The maximum Gasteiger partial charge on any atom is 0.208 e. The maximum absolute atomic E-state index is 12.2. The van der Waals surface area contributed by atoms with E-state index in [-0.39, 0.29) is 11.7 Å². The normalized spacial score (nSPS) is 21.9. The van der Waals surface area contributed by atoms with Gasteiger partial charge in [-0.05, 0) is 18.9 Å². The van der Waals surface area contributed by atoms with Crippen molar-refractivity contribution in [1.29, 1.82) is 0 Å². The quantitative estimate of drug-likeness (QED) is 0.477. The molecule has 19 heavy (non-hydrogen) atoms. The van der Waals surface area contributed by atoms with Crippen molar-refractivity contribution in [2.45, 2.75) is 19.4 Å². The number of hydrogen-bond acceptors (Lipinski definition) is 3. The number of nitrogens with zero attached hydrogens (tertiary/aromatic N) is 2. The van der Waals surface area contributed by atoms with Crippen LogP contribution in [0.2, 0.25) is 0 Å². The highest BCUT2D eigenvalue weighted by molar-refractivity contribution is 5.80. The van der Waals surface area contributed by atoms with Crippen LogP contribution in [-0.4, -0.2) is 27.7 Å². The van der Waals surface area contributed by atoms with Crippen molar-refractivity contribution in [2.24, 2.45) is 5.92 Å². The second kappa shape index (κ2) is 4.19. The van der Waals surface area contributed by atoms with Gasteiger partial charge in [0.25, 0.3) is 0 Å². The molecule has 0 spiro atoms. The lowest BCUT2D eigenvalue weighted by Gasteiger charge is -2.21. The molecule has 5 nitrogen and oxygen atoms in total. The van der Waals surface area contributed by atoms with Crippen molar-refractivity contribution < 1.29 is 14.6 Å². The number of fused-ring (bicyclic) bond motifs is 2. The van der Waals surface area contributed by atoms with Crippen molar-refractivity contribution >= 4 is 6.21 Å². The average molecular weight is 260 g/mol. The monoisotopic (exact) mass is 260 g/mol. The van der Waals surface area contributed by atoms with E-state index in [1.165, 1.54) is 13.3 Å². The van der Waals surface area contributed by atoms with Crippen LogP contribution >= 0.6 is 0 Å². The molecule has 0 amide bonds. The molecule has 1 aliphatic heterocycles. The van der Waals surface area contributed by atoms with Crippen LogP contribution in [0.4, 0.5) is 0 Å². The number of rotatable bonds is 1. The standard InChI is InChI=1S/C14H16N2O3/c1-9-3-4-11-10(5-9)6-15-8-13(17)14(19-2)12(15)7-16(11)18/h4,7-8,10,17H,1,3,5-6H2,2H3. The molecular formula is C14H16N2O3. The average Bonchev–Trinajstić information content (AvgIpc) is 2.57. The largest absolute Gasteiger partial charge is 0.618 e. The molecule has 2 heterocycles. The van der Waals surface area contributed by atoms with Gasteiger partial charge >= 0.3 is 0 Å². The lowest BCUT2D eigenvalue weighted by molar-refractivity contribution is -0.405. The van der Waals surface area contributed by atoms with Gasteiger partial charge in [-0.1, -0.05) is 12.2 Å². The smallest absolute Gasteiger partial charge is 0.208 e. The lowest BCUT2D eigenvalue weighted by atomic mass is 9.89. The Morgan fingerprint density at radius 1 is 1.58 bits per heavy atom. The summed E-state index contributed by atoms with van der Waals surface area (Å²) in [5.74, 6) is 0.510. The molecule has 5 heteroatoms. The number of ether oxygens (including phenoxy) is 1. The minimum atomic E-state index is 0.0595. The predicted octanol–water partition coefficient (Wildman–Crippen LogP) is 2.00. The van der Waals surface area contributed by atoms with Crippen LogP contribution in [0, 0.1) is 11.1 Å². The van der Waals surface area contributed by atoms with Crippen molar-refractivity contribution in [3.05, 3.63) is 41.0 Å². The van der Waals surface area contributed by atoms with Crippen LogP contribution < -0.4 is 4.74 Å². The number of methoxy groups -OCH3 is 1. The summed E-state index contributed by atoms with van der Waals surface area (Å²) in [4.78, 5) is 0. The van der Waals surface area contributed by atoms with Crippen molar-refractivity contribution in [1.82, 2.24) is 4.57 Å². The van der Waals surface area contributed by atoms with Gasteiger partial charge in [0.1, 0.15) is 0 Å². The van der Waals surface area contributed by atoms with Gasteiger partial charge in [-0.15, -0.1) is 0 Å². The van der Waals surface area contributed by atoms with E-state index < -0.39 is 0 Å². The first kappa shape index (κ1) is 11.9. The zero-order valence-electron chi connectivity index (χ0n) is 10.8. The minimum absolute atomic E-state index is 0.0595. The van der Waals surface area contributed by atoms with E-state index in [0.29, 0.717) is 18.0 Å². The van der Waals surface area contributed by atoms with Crippen molar-refractivity contribution in [3.8, 4) is 11.5 Å². The molecule has 100 valence electrons. The molecule has 0 fully saturated rings. The molecule has 0 radical (unpaired) electrons. The van der Waals surface area contributed by atoms with Gasteiger partial charge in [0.2, 0.25) is 6.21 Å². The van der Waals surface area contributed by atoms with Crippen LogP contribution in [-0.2, 0) is 6.54 Å². The molecule has 2 aliphatic rings. The zero-order chi connectivity index (χ0) is 13.6. The first-order chi connectivity index (χ1) is 9.10. The van der Waals surface area contributed by atoms with Crippen molar-refractivity contribution in [3.63, 3.8) is 0 Å². The Morgan fingerprint density at radius 3 is 3.11 bits per heavy atom. The molecule has 0 bridgehead atoms. The Balaban J connectivity index is 2.12. The summed E-state index contributed by atoms with van der Waals surface area (Å²) < 4.78 is 7.91. The highest BCUT2D eigenvalue weighted by Gasteiger charge is 2.31. The molecule has 1 unspecified atom stereocenters. The van der Waals surface area contributed by atoms with E-state index in [1.54, 1.807) is 6.20 Å². The molecule has 1 atom stereocenters.